The van der Waals surface area contributed by atoms with Crippen LogP contribution in [0.5, 0.6) is 5.75 Å². The highest BCUT2D eigenvalue weighted by molar-refractivity contribution is 5.32. The molecule has 0 saturated carbocycles. The lowest BCUT2D eigenvalue weighted by molar-refractivity contribution is 0.166. The number of rotatable bonds is 7. The number of nitrogens with one attached hydrogen (secondary N) is 1. The van der Waals surface area contributed by atoms with E-state index in [0.29, 0.717) is 6.04 Å². The fourth-order valence-electron chi connectivity index (χ4n) is 2.00. The standard InChI is InChI=1S/C15H24FNO/c1-5-9-17-14(6-2)12(4)18-15-8-7-13(16)10-11(15)3/h7-8,10,12,14,17H,5-6,9H2,1-4H3. The molecule has 1 rings (SSSR count). The Morgan fingerprint density at radius 1 is 1.33 bits per heavy atom. The summed E-state index contributed by atoms with van der Waals surface area (Å²) in [5, 5.41) is 3.47. The molecule has 2 atom stereocenters. The van der Waals surface area contributed by atoms with Crippen LogP contribution in [0, 0.1) is 12.7 Å². The Labute approximate surface area is 110 Å². The topological polar surface area (TPSA) is 21.3 Å². The predicted octanol–water partition coefficient (Wildman–Crippen LogP) is 3.68. The number of hydrogen-bond donors (Lipinski definition) is 1. The molecule has 1 N–H and O–H groups in total. The normalized spacial score (nSPS) is 14.3. The maximum Gasteiger partial charge on any atom is 0.123 e. The zero-order valence-corrected chi connectivity index (χ0v) is 11.8. The molecular formula is C15H24FNO. The number of ether oxygens (including phenoxy) is 1. The smallest absolute Gasteiger partial charge is 0.123 e. The lowest BCUT2D eigenvalue weighted by atomic mass is 10.1. The average molecular weight is 253 g/mol. The van der Waals surface area contributed by atoms with Crippen LogP contribution in [-0.2, 0) is 0 Å². The molecule has 0 aliphatic carbocycles. The van der Waals surface area contributed by atoms with Gasteiger partial charge in [-0.2, -0.15) is 0 Å². The maximum absolute atomic E-state index is 13.0. The van der Waals surface area contributed by atoms with E-state index in [1.807, 2.05) is 6.92 Å². The predicted molar refractivity (Wildman–Crippen MR) is 73.6 cm³/mol. The lowest BCUT2D eigenvalue weighted by Crippen LogP contribution is -2.41. The number of aryl methyl sites for hydroxylation is 1. The second kappa shape index (κ2) is 7.37. The molecule has 0 amide bonds. The van der Waals surface area contributed by atoms with E-state index in [9.17, 15) is 4.39 Å². The van der Waals surface area contributed by atoms with Gasteiger partial charge in [0.15, 0.2) is 0 Å². The van der Waals surface area contributed by atoms with Crippen LogP contribution >= 0.6 is 0 Å². The first kappa shape index (κ1) is 15.0. The van der Waals surface area contributed by atoms with Gasteiger partial charge in [0.25, 0.3) is 0 Å². The highest BCUT2D eigenvalue weighted by Crippen LogP contribution is 2.20. The second-order valence-corrected chi connectivity index (χ2v) is 4.70. The van der Waals surface area contributed by atoms with Crippen molar-refractivity contribution in [3.05, 3.63) is 29.6 Å². The molecular weight excluding hydrogens is 229 g/mol. The van der Waals surface area contributed by atoms with Gasteiger partial charge in [0.1, 0.15) is 17.7 Å². The third-order valence-electron chi connectivity index (χ3n) is 3.11. The summed E-state index contributed by atoms with van der Waals surface area (Å²) >= 11 is 0. The van der Waals surface area contributed by atoms with Crippen molar-refractivity contribution in [1.82, 2.24) is 5.32 Å². The van der Waals surface area contributed by atoms with Gasteiger partial charge in [0.2, 0.25) is 0 Å². The summed E-state index contributed by atoms with van der Waals surface area (Å²) in [6.07, 6.45) is 2.20. The van der Waals surface area contributed by atoms with Crippen LogP contribution in [0.25, 0.3) is 0 Å². The van der Waals surface area contributed by atoms with Crippen molar-refractivity contribution < 1.29 is 9.13 Å². The number of benzene rings is 1. The van der Waals surface area contributed by atoms with E-state index in [2.05, 4.69) is 26.1 Å². The fourth-order valence-corrected chi connectivity index (χ4v) is 2.00. The quantitative estimate of drug-likeness (QED) is 0.800. The minimum atomic E-state index is -0.219. The minimum absolute atomic E-state index is 0.0747. The molecule has 0 fully saturated rings. The lowest BCUT2D eigenvalue weighted by Gasteiger charge is -2.25. The molecule has 0 bridgehead atoms. The molecule has 0 radical (unpaired) electrons. The van der Waals surface area contributed by atoms with Crippen LogP contribution in [0.1, 0.15) is 39.2 Å². The Morgan fingerprint density at radius 3 is 2.61 bits per heavy atom. The SMILES string of the molecule is CCCNC(CC)C(C)Oc1ccc(F)cc1C. The molecule has 0 aliphatic rings. The molecule has 2 unspecified atom stereocenters. The van der Waals surface area contributed by atoms with E-state index < -0.39 is 0 Å². The molecule has 0 aliphatic heterocycles. The molecule has 1 aromatic rings. The molecule has 3 heteroatoms. The largest absolute Gasteiger partial charge is 0.489 e. The first-order valence-electron chi connectivity index (χ1n) is 6.74. The third-order valence-corrected chi connectivity index (χ3v) is 3.11. The Balaban J connectivity index is 2.64. The van der Waals surface area contributed by atoms with Gasteiger partial charge in [-0.15, -0.1) is 0 Å². The van der Waals surface area contributed by atoms with Gasteiger partial charge in [0, 0.05) is 6.04 Å². The van der Waals surface area contributed by atoms with Crippen molar-refractivity contribution in [2.75, 3.05) is 6.54 Å². The average Bonchev–Trinajstić information content (AvgIpc) is 2.34. The Bertz CT molecular complexity index is 368. The zero-order valence-electron chi connectivity index (χ0n) is 11.8. The molecule has 0 spiro atoms. The molecule has 0 heterocycles. The molecule has 0 aromatic heterocycles. The van der Waals surface area contributed by atoms with Gasteiger partial charge >= 0.3 is 0 Å². The third kappa shape index (κ3) is 4.30. The Kier molecular flexibility index (Phi) is 6.13. The van der Waals surface area contributed by atoms with E-state index >= 15 is 0 Å². The van der Waals surface area contributed by atoms with E-state index in [1.54, 1.807) is 6.07 Å². The first-order chi connectivity index (χ1) is 8.58. The van der Waals surface area contributed by atoms with Crippen molar-refractivity contribution in [3.8, 4) is 5.75 Å². The van der Waals surface area contributed by atoms with Crippen LogP contribution in [0.2, 0.25) is 0 Å². The molecule has 18 heavy (non-hydrogen) atoms. The number of hydrogen-bond acceptors (Lipinski definition) is 2. The minimum Gasteiger partial charge on any atom is -0.489 e. The molecule has 1 aromatic carbocycles. The van der Waals surface area contributed by atoms with Gasteiger partial charge < -0.3 is 10.1 Å². The van der Waals surface area contributed by atoms with Crippen molar-refractivity contribution in [3.63, 3.8) is 0 Å². The molecule has 2 nitrogen and oxygen atoms in total. The summed E-state index contributed by atoms with van der Waals surface area (Å²) in [5.41, 5.74) is 0.840. The summed E-state index contributed by atoms with van der Waals surface area (Å²) in [5.74, 6) is 0.546. The van der Waals surface area contributed by atoms with E-state index in [0.717, 1.165) is 30.7 Å². The van der Waals surface area contributed by atoms with Gasteiger partial charge in [-0.25, -0.2) is 4.39 Å². The van der Waals surface area contributed by atoms with Crippen molar-refractivity contribution in [2.24, 2.45) is 0 Å². The first-order valence-corrected chi connectivity index (χ1v) is 6.74. The van der Waals surface area contributed by atoms with Crippen molar-refractivity contribution >= 4 is 0 Å². The van der Waals surface area contributed by atoms with E-state index in [1.165, 1.54) is 12.1 Å². The molecule has 102 valence electrons. The van der Waals surface area contributed by atoms with Gasteiger partial charge in [-0.3, -0.25) is 0 Å². The van der Waals surface area contributed by atoms with E-state index in [-0.39, 0.29) is 11.9 Å². The van der Waals surface area contributed by atoms with Crippen LogP contribution in [-0.4, -0.2) is 18.7 Å². The summed E-state index contributed by atoms with van der Waals surface area (Å²) in [6.45, 7) is 9.21. The van der Waals surface area contributed by atoms with Crippen LogP contribution in [0.15, 0.2) is 18.2 Å². The zero-order chi connectivity index (χ0) is 13.5. The van der Waals surface area contributed by atoms with Crippen LogP contribution in [0.3, 0.4) is 0 Å². The maximum atomic E-state index is 13.0. The summed E-state index contributed by atoms with van der Waals surface area (Å²) in [4.78, 5) is 0. The number of halogens is 1. The van der Waals surface area contributed by atoms with Crippen molar-refractivity contribution in [2.45, 2.75) is 52.7 Å². The monoisotopic (exact) mass is 253 g/mol. The van der Waals surface area contributed by atoms with Gasteiger partial charge in [0.05, 0.1) is 0 Å². The highest BCUT2D eigenvalue weighted by atomic mass is 19.1. The van der Waals surface area contributed by atoms with Crippen LogP contribution < -0.4 is 10.1 Å². The highest BCUT2D eigenvalue weighted by Gasteiger charge is 2.16. The Morgan fingerprint density at radius 2 is 2.06 bits per heavy atom. The van der Waals surface area contributed by atoms with Crippen LogP contribution in [0.4, 0.5) is 4.39 Å². The summed E-state index contributed by atoms with van der Waals surface area (Å²) in [7, 11) is 0. The second-order valence-electron chi connectivity index (χ2n) is 4.70. The summed E-state index contributed by atoms with van der Waals surface area (Å²) < 4.78 is 18.9. The summed E-state index contributed by atoms with van der Waals surface area (Å²) in [6, 6.07) is 4.97. The fraction of sp³-hybridized carbons (Fsp3) is 0.600. The molecule has 0 saturated heterocycles. The van der Waals surface area contributed by atoms with E-state index in [4.69, 9.17) is 4.74 Å². The van der Waals surface area contributed by atoms with Gasteiger partial charge in [-0.1, -0.05) is 13.8 Å². The Hall–Kier alpha value is -1.09. The van der Waals surface area contributed by atoms with Gasteiger partial charge in [-0.05, 0) is 57.0 Å². The van der Waals surface area contributed by atoms with Crippen molar-refractivity contribution in [1.29, 1.82) is 0 Å².